The maximum Gasteiger partial charge on any atom is 0.289 e. The van der Waals surface area contributed by atoms with Gasteiger partial charge in [-0.3, -0.25) is 4.79 Å². The summed E-state index contributed by atoms with van der Waals surface area (Å²) in [6.45, 7) is 0. The van der Waals surface area contributed by atoms with Crippen LogP contribution in [0.1, 0.15) is 0 Å². The lowest BCUT2D eigenvalue weighted by atomic mass is 10.5. The predicted octanol–water partition coefficient (Wildman–Crippen LogP) is -2.27. The molecular weight excluding hydrogens is 134 g/mol. The van der Waals surface area contributed by atoms with E-state index in [4.69, 9.17) is 5.84 Å². The van der Waals surface area contributed by atoms with Crippen molar-refractivity contribution in [1.82, 2.24) is 16.2 Å². The maximum absolute atomic E-state index is 10.7. The molecule has 0 atom stereocenters. The Bertz CT molecular complexity index is 143. The Labute approximate surface area is 58.8 Å². The van der Waals surface area contributed by atoms with E-state index in [0.717, 1.165) is 0 Å². The highest BCUT2D eigenvalue weighted by Crippen LogP contribution is 1.65. The predicted molar refractivity (Wildman–Crippen MR) is 37.9 cm³/mol. The third-order valence-electron chi connectivity index (χ3n) is 0.815. The fraction of sp³-hybridized carbons (Fsp3) is 0.500. The van der Waals surface area contributed by atoms with Gasteiger partial charge in [-0.05, 0) is 0 Å². The molecule has 0 unspecified atom stereocenters. The van der Waals surface area contributed by atoms with Gasteiger partial charge in [0.25, 0.3) is 5.91 Å². The van der Waals surface area contributed by atoms with Gasteiger partial charge in [-0.2, -0.15) is 5.10 Å². The van der Waals surface area contributed by atoms with E-state index in [1.165, 1.54) is 7.05 Å². The molecule has 6 nitrogen and oxygen atoms in total. The second-order valence-electron chi connectivity index (χ2n) is 1.43. The molecule has 6 heteroatoms. The molecule has 0 aliphatic carbocycles. The minimum absolute atomic E-state index is 0.0463. The minimum Gasteiger partial charge on any atom is -0.352 e. The van der Waals surface area contributed by atoms with Crippen LogP contribution in [0.4, 0.5) is 0 Å². The van der Waals surface area contributed by atoms with Crippen molar-refractivity contribution in [1.29, 1.82) is 0 Å². The van der Waals surface area contributed by atoms with Gasteiger partial charge in [-0.1, -0.05) is 0 Å². The quantitative estimate of drug-likeness (QED) is 0.145. The van der Waals surface area contributed by atoms with E-state index in [9.17, 15) is 4.79 Å². The number of rotatable bonds is 1. The number of hydrazine groups is 1. The van der Waals surface area contributed by atoms with E-state index in [1.54, 1.807) is 7.05 Å². The highest BCUT2D eigenvalue weighted by Gasteiger charge is 2.05. The molecule has 0 bridgehead atoms. The van der Waals surface area contributed by atoms with Crippen LogP contribution < -0.4 is 22.0 Å². The Balaban J connectivity index is 3.95. The van der Waals surface area contributed by atoms with E-state index in [2.05, 4.69) is 21.3 Å². The SMILES string of the molecule is CNN/C(=N\N)C(=O)NC. The molecule has 0 spiro atoms. The van der Waals surface area contributed by atoms with Crippen LogP contribution in [-0.2, 0) is 4.79 Å². The number of amidine groups is 1. The summed E-state index contributed by atoms with van der Waals surface area (Å²) < 4.78 is 0. The van der Waals surface area contributed by atoms with Crippen LogP contribution in [0.3, 0.4) is 0 Å². The second kappa shape index (κ2) is 4.57. The first-order chi connectivity index (χ1) is 4.76. The molecule has 0 rings (SSSR count). The summed E-state index contributed by atoms with van der Waals surface area (Å²) >= 11 is 0. The van der Waals surface area contributed by atoms with Gasteiger partial charge >= 0.3 is 0 Å². The van der Waals surface area contributed by atoms with Gasteiger partial charge in [0.2, 0.25) is 5.84 Å². The summed E-state index contributed by atoms with van der Waals surface area (Å²) in [4.78, 5) is 10.7. The van der Waals surface area contributed by atoms with Crippen molar-refractivity contribution in [2.75, 3.05) is 14.1 Å². The first-order valence-corrected chi connectivity index (χ1v) is 2.69. The van der Waals surface area contributed by atoms with E-state index in [1.807, 2.05) is 0 Å². The number of nitrogens with one attached hydrogen (secondary N) is 3. The highest BCUT2D eigenvalue weighted by atomic mass is 16.2. The van der Waals surface area contributed by atoms with Gasteiger partial charge in [-0.25, -0.2) is 5.43 Å². The molecule has 10 heavy (non-hydrogen) atoms. The standard InChI is InChI=1S/C4H11N5O/c1-6-4(10)3(8-5)9-7-2/h7H,5H2,1-2H3,(H,6,10)(H,8,9). The molecule has 58 valence electrons. The number of nitrogens with two attached hydrogens (primary N) is 1. The van der Waals surface area contributed by atoms with Crippen LogP contribution in [0, 0.1) is 0 Å². The molecule has 0 fully saturated rings. The molecule has 0 aromatic heterocycles. The van der Waals surface area contributed by atoms with Gasteiger partial charge in [-0.15, -0.1) is 0 Å². The number of hydrogen-bond acceptors (Lipinski definition) is 4. The van der Waals surface area contributed by atoms with Crippen LogP contribution in [0.5, 0.6) is 0 Å². The molecule has 0 heterocycles. The lowest BCUT2D eigenvalue weighted by Crippen LogP contribution is -2.44. The van der Waals surface area contributed by atoms with Crippen molar-refractivity contribution in [2.45, 2.75) is 0 Å². The second-order valence-corrected chi connectivity index (χ2v) is 1.43. The molecule has 0 saturated heterocycles. The summed E-state index contributed by atoms with van der Waals surface area (Å²) in [6.07, 6.45) is 0. The van der Waals surface area contributed by atoms with Crippen molar-refractivity contribution in [3.63, 3.8) is 0 Å². The number of carbonyl (C=O) groups excluding carboxylic acids is 1. The average Bonchev–Trinajstić information content (AvgIpc) is 1.99. The summed E-state index contributed by atoms with van der Waals surface area (Å²) in [5.74, 6) is 4.54. The number of likely N-dealkylation sites (N-methyl/N-ethyl adjacent to an activating group) is 1. The third kappa shape index (κ3) is 2.31. The fourth-order valence-corrected chi connectivity index (χ4v) is 0.384. The van der Waals surface area contributed by atoms with Gasteiger partial charge in [0.1, 0.15) is 0 Å². The molecule has 0 radical (unpaired) electrons. The lowest BCUT2D eigenvalue weighted by Gasteiger charge is -2.03. The molecule has 5 N–H and O–H groups in total. The van der Waals surface area contributed by atoms with Crippen molar-refractivity contribution in [2.24, 2.45) is 10.9 Å². The van der Waals surface area contributed by atoms with Gasteiger partial charge in [0.15, 0.2) is 0 Å². The molecule has 0 aliphatic heterocycles. The monoisotopic (exact) mass is 145 g/mol. The number of hydrogen-bond donors (Lipinski definition) is 4. The average molecular weight is 145 g/mol. The summed E-state index contributed by atoms with van der Waals surface area (Å²) in [5.41, 5.74) is 4.96. The third-order valence-corrected chi connectivity index (χ3v) is 0.815. The smallest absolute Gasteiger partial charge is 0.289 e. The number of hydrazone groups is 1. The summed E-state index contributed by atoms with van der Waals surface area (Å²) in [7, 11) is 3.10. The van der Waals surface area contributed by atoms with E-state index >= 15 is 0 Å². The highest BCUT2D eigenvalue weighted by molar-refractivity contribution is 6.37. The van der Waals surface area contributed by atoms with E-state index in [0.29, 0.717) is 0 Å². The Hall–Kier alpha value is -1.30. The Morgan fingerprint density at radius 2 is 2.10 bits per heavy atom. The zero-order valence-electron chi connectivity index (χ0n) is 5.93. The van der Waals surface area contributed by atoms with Crippen molar-refractivity contribution >= 4 is 11.7 Å². The fourth-order valence-electron chi connectivity index (χ4n) is 0.384. The molecule has 0 saturated carbocycles. The number of nitrogens with zero attached hydrogens (tertiary/aromatic N) is 1. The van der Waals surface area contributed by atoms with Crippen LogP contribution in [0.25, 0.3) is 0 Å². The van der Waals surface area contributed by atoms with Crippen molar-refractivity contribution < 1.29 is 4.79 Å². The molecule has 0 aliphatic rings. The van der Waals surface area contributed by atoms with Crippen LogP contribution >= 0.6 is 0 Å². The largest absolute Gasteiger partial charge is 0.352 e. The molecular formula is C4H11N5O. The van der Waals surface area contributed by atoms with Crippen molar-refractivity contribution in [3.8, 4) is 0 Å². The first kappa shape index (κ1) is 8.70. The maximum atomic E-state index is 10.7. The Kier molecular flexibility index (Phi) is 3.97. The zero-order chi connectivity index (χ0) is 7.98. The van der Waals surface area contributed by atoms with Crippen LogP contribution in [-0.4, -0.2) is 25.8 Å². The number of carbonyl (C=O) groups is 1. The number of amides is 1. The Morgan fingerprint density at radius 3 is 2.40 bits per heavy atom. The zero-order valence-corrected chi connectivity index (χ0v) is 5.93. The van der Waals surface area contributed by atoms with Crippen LogP contribution in [0.15, 0.2) is 5.10 Å². The molecule has 0 aromatic carbocycles. The summed E-state index contributed by atoms with van der Waals surface area (Å²) in [5, 5.41) is 5.53. The van der Waals surface area contributed by atoms with E-state index < -0.39 is 0 Å². The first-order valence-electron chi connectivity index (χ1n) is 2.69. The molecule has 0 aromatic rings. The summed E-state index contributed by atoms with van der Waals surface area (Å²) in [6, 6.07) is 0. The topological polar surface area (TPSA) is 91.5 Å². The van der Waals surface area contributed by atoms with Crippen LogP contribution in [0.2, 0.25) is 0 Å². The van der Waals surface area contributed by atoms with Crippen molar-refractivity contribution in [3.05, 3.63) is 0 Å². The minimum atomic E-state index is -0.364. The molecule has 1 amide bonds. The van der Waals surface area contributed by atoms with Gasteiger partial charge < -0.3 is 16.6 Å². The normalized spacial score (nSPS) is 10.8. The van der Waals surface area contributed by atoms with E-state index in [-0.39, 0.29) is 11.7 Å². The van der Waals surface area contributed by atoms with Gasteiger partial charge in [0.05, 0.1) is 0 Å². The Morgan fingerprint density at radius 1 is 1.50 bits per heavy atom. The van der Waals surface area contributed by atoms with Gasteiger partial charge in [0, 0.05) is 14.1 Å². The lowest BCUT2D eigenvalue weighted by molar-refractivity contribution is -0.114.